The number of hydrogen-bond acceptors (Lipinski definition) is 11. The van der Waals surface area contributed by atoms with Crippen molar-refractivity contribution >= 4 is 95.7 Å². The Labute approximate surface area is 555 Å². The number of nitrogens with zero attached hydrogens (tertiary/aromatic N) is 11. The molecule has 0 unspecified atom stereocenters. The molecular weight excluding hydrogens is 1160 g/mol. The minimum Gasteiger partial charge on any atom is -0.383 e. The molecule has 14 heteroatoms. The summed E-state index contributed by atoms with van der Waals surface area (Å²) in [4.78, 5) is 46.7. The molecule has 12 aromatic rings. The van der Waals surface area contributed by atoms with E-state index >= 15 is 0 Å². The van der Waals surface area contributed by atoms with Gasteiger partial charge in [0, 0.05) is 87.7 Å². The molecule has 1 aliphatic rings. The van der Waals surface area contributed by atoms with E-state index in [-0.39, 0.29) is 5.91 Å². The summed E-state index contributed by atoms with van der Waals surface area (Å²) in [6.45, 7) is 25.2. The Bertz CT molecular complexity index is 4370. The lowest BCUT2D eigenvalue weighted by atomic mass is 10.1. The number of rotatable bonds is 24. The summed E-state index contributed by atoms with van der Waals surface area (Å²) in [5.74, 6) is 5.85. The Morgan fingerprint density at radius 1 is 0.479 bits per heavy atom. The summed E-state index contributed by atoms with van der Waals surface area (Å²) in [5.41, 5.74) is 20.0. The molecule has 14 nitrogen and oxygen atoms in total. The van der Waals surface area contributed by atoms with Crippen molar-refractivity contribution in [3.05, 3.63) is 222 Å². The van der Waals surface area contributed by atoms with Gasteiger partial charge in [0.25, 0.3) is 0 Å². The first-order valence-electron chi connectivity index (χ1n) is 33.9. The fourth-order valence-electron chi connectivity index (χ4n) is 12.7. The Morgan fingerprint density at radius 2 is 0.883 bits per heavy atom. The van der Waals surface area contributed by atoms with Crippen molar-refractivity contribution in [1.29, 1.82) is 0 Å². The first kappa shape index (κ1) is 65.7. The molecule has 3 N–H and O–H groups in total. The predicted octanol–water partition coefficient (Wildman–Crippen LogP) is 17.7. The van der Waals surface area contributed by atoms with E-state index in [0.717, 1.165) is 163 Å². The molecule has 484 valence electrons. The highest BCUT2D eigenvalue weighted by Gasteiger charge is 2.32. The highest BCUT2D eigenvalue weighted by atomic mass is 16.2. The monoisotopic (exact) mass is 1250 g/mol. The molecule has 0 atom stereocenters. The molecule has 7 aromatic carbocycles. The van der Waals surface area contributed by atoms with Gasteiger partial charge in [-0.3, -0.25) is 4.79 Å². The number of aromatic nitrogens is 7. The molecule has 5 aromatic heterocycles. The summed E-state index contributed by atoms with van der Waals surface area (Å²) < 4.78 is 4.82. The van der Waals surface area contributed by atoms with Crippen molar-refractivity contribution in [2.24, 2.45) is 17.8 Å². The molecule has 0 aliphatic carbocycles. The van der Waals surface area contributed by atoms with Crippen LogP contribution >= 0.6 is 0 Å². The number of hydrogen-bond donors (Lipinski definition) is 2. The van der Waals surface area contributed by atoms with Crippen molar-refractivity contribution in [3.63, 3.8) is 0 Å². The van der Waals surface area contributed by atoms with Crippen LogP contribution in [0, 0.1) is 17.8 Å². The number of imidazole rings is 2. The zero-order valence-corrected chi connectivity index (χ0v) is 56.5. The Hall–Kier alpha value is -9.82. The van der Waals surface area contributed by atoms with Crippen molar-refractivity contribution in [1.82, 2.24) is 34.1 Å². The molecule has 0 bridgehead atoms. The molecule has 0 saturated carbocycles. The molecule has 0 spiro atoms. The summed E-state index contributed by atoms with van der Waals surface area (Å²) in [6.07, 6.45) is 4.93. The normalized spacial score (nSPS) is 12.1. The van der Waals surface area contributed by atoms with Crippen LogP contribution in [-0.4, -0.2) is 66.6 Å². The van der Waals surface area contributed by atoms with Gasteiger partial charge in [-0.25, -0.2) is 24.9 Å². The molecule has 6 heterocycles. The number of carbonyl (C=O) groups is 1. The molecule has 0 radical (unpaired) electrons. The second kappa shape index (κ2) is 30.7. The number of anilines is 6. The van der Waals surface area contributed by atoms with Crippen LogP contribution in [-0.2, 0) is 50.5 Å². The largest absolute Gasteiger partial charge is 0.383 e. The smallest absolute Gasteiger partial charge is 0.231 e. The molecular formula is C80H93N13O. The summed E-state index contributed by atoms with van der Waals surface area (Å²) >= 11 is 0. The lowest BCUT2D eigenvalue weighted by Gasteiger charge is -2.25. The first-order chi connectivity index (χ1) is 45.8. The zero-order valence-electron chi connectivity index (χ0n) is 56.5. The number of benzene rings is 7. The van der Waals surface area contributed by atoms with Gasteiger partial charge >= 0.3 is 0 Å². The third-order valence-electron chi connectivity index (χ3n) is 17.1. The number of nitrogens with two attached hydrogens (primary N) is 1. The van der Waals surface area contributed by atoms with Crippen LogP contribution in [0.5, 0.6) is 0 Å². The number of nitrogens with one attached hydrogen (secondary N) is 1. The standard InChI is InChI=1S/C33H39N5.C32H37N5.C15H17N3O/c1-5-6-21-36(4)33-35-30-31(38(33)22-25(2)3)28-19-13-14-20-29(28)34-32(30)37(23-26-15-9-7-10-16-26)24-27-17-11-8-12-18-27;1-4-5-20-33-32-35-29-30(37(32)21-24(2)3)27-18-12-13-19-28(27)34-31(29)36(22-25-14-8-6-9-15-25)23-26-16-10-7-11-17-26;1-9(2)8-18-13(19)7-11-14(18)10-5-3-4-6-12(10)17-15(11)16/h7-20,25H,5-6,21-24H2,1-4H3;6-19,24H,4-5,20-23H2,1-3H3,(H,33,35);3-6,9H,7-8H2,1-2H3,(H2,16,17). The van der Waals surface area contributed by atoms with E-state index in [0.29, 0.717) is 30.0 Å². The minimum absolute atomic E-state index is 0.119. The van der Waals surface area contributed by atoms with Crippen LogP contribution in [0.2, 0.25) is 0 Å². The van der Waals surface area contributed by atoms with Crippen LogP contribution in [0.25, 0.3) is 54.8 Å². The van der Waals surface area contributed by atoms with Gasteiger partial charge in [-0.1, -0.05) is 244 Å². The number of para-hydroxylation sites is 3. The summed E-state index contributed by atoms with van der Waals surface area (Å²) in [5, 5.41) is 6.97. The van der Waals surface area contributed by atoms with Crippen LogP contribution in [0.4, 0.5) is 35.0 Å². The van der Waals surface area contributed by atoms with Gasteiger partial charge in [-0.15, -0.1) is 0 Å². The third-order valence-corrected chi connectivity index (χ3v) is 17.1. The first-order valence-corrected chi connectivity index (χ1v) is 33.9. The number of nitrogen functional groups attached to an aromatic ring is 1. The van der Waals surface area contributed by atoms with E-state index in [1.54, 1.807) is 0 Å². The minimum atomic E-state index is 0.119. The van der Waals surface area contributed by atoms with Gasteiger partial charge in [-0.05, 0) is 71.0 Å². The maximum atomic E-state index is 12.2. The number of unbranched alkanes of at least 4 members (excludes halogenated alkanes) is 2. The van der Waals surface area contributed by atoms with E-state index in [9.17, 15) is 4.79 Å². The highest BCUT2D eigenvalue weighted by molar-refractivity contribution is 6.12. The highest BCUT2D eigenvalue weighted by Crippen LogP contribution is 2.41. The average molecular weight is 1250 g/mol. The summed E-state index contributed by atoms with van der Waals surface area (Å²) in [7, 11) is 2.18. The number of fused-ring (bicyclic) bond motifs is 9. The SMILES string of the molecule is CC(C)CN1C(=O)Cc2c(N)nc3ccccc3c21.CCCCN(C)c1nc2c(N(Cc3ccccc3)Cc3ccccc3)nc3ccccc3c2n1CC(C)C.CCCCNc1nc2c(N(Cc3ccccc3)Cc3ccccc3)nc3ccccc3c2n1CC(C)C. The van der Waals surface area contributed by atoms with Gasteiger partial charge in [-0.2, -0.15) is 0 Å². The van der Waals surface area contributed by atoms with E-state index in [1.807, 2.05) is 29.2 Å². The van der Waals surface area contributed by atoms with Crippen LogP contribution < -0.4 is 30.7 Å². The number of pyridine rings is 3. The Morgan fingerprint density at radius 3 is 1.34 bits per heavy atom. The quantitative estimate of drug-likeness (QED) is 0.0558. The molecule has 0 fully saturated rings. The second-order valence-corrected chi connectivity index (χ2v) is 26.3. The molecule has 13 rings (SSSR count). The van der Waals surface area contributed by atoms with E-state index in [2.05, 4.69) is 266 Å². The van der Waals surface area contributed by atoms with Crippen LogP contribution in [0.3, 0.4) is 0 Å². The van der Waals surface area contributed by atoms with Gasteiger partial charge in [0.1, 0.15) is 16.9 Å². The van der Waals surface area contributed by atoms with E-state index in [4.69, 9.17) is 25.7 Å². The van der Waals surface area contributed by atoms with E-state index in [1.165, 1.54) is 33.3 Å². The fourth-order valence-corrected chi connectivity index (χ4v) is 12.7. The zero-order chi connectivity index (χ0) is 65.7. The van der Waals surface area contributed by atoms with Gasteiger partial charge in [0.15, 0.2) is 11.6 Å². The van der Waals surface area contributed by atoms with Crippen LogP contribution in [0.15, 0.2) is 194 Å². The van der Waals surface area contributed by atoms with Gasteiger partial charge in [0.05, 0.1) is 39.7 Å². The van der Waals surface area contributed by atoms with Crippen molar-refractivity contribution in [2.45, 2.75) is 127 Å². The lowest BCUT2D eigenvalue weighted by molar-refractivity contribution is -0.117. The van der Waals surface area contributed by atoms with Gasteiger partial charge < -0.3 is 39.8 Å². The Balaban J connectivity index is 0.000000152. The molecule has 1 amide bonds. The van der Waals surface area contributed by atoms with E-state index < -0.39 is 0 Å². The summed E-state index contributed by atoms with van der Waals surface area (Å²) in [6, 6.07) is 67.5. The Kier molecular flexibility index (Phi) is 21.5. The second-order valence-electron chi connectivity index (χ2n) is 26.3. The number of amides is 1. The predicted molar refractivity (Wildman–Crippen MR) is 394 cm³/mol. The van der Waals surface area contributed by atoms with Crippen LogP contribution in [0.1, 0.15) is 109 Å². The molecule has 1 aliphatic heterocycles. The molecule has 0 saturated heterocycles. The average Bonchev–Trinajstić information content (AvgIpc) is 1.56. The fraction of sp³-hybridized carbons (Fsp3) is 0.325. The van der Waals surface area contributed by atoms with Crippen molar-refractivity contribution in [3.8, 4) is 0 Å². The maximum absolute atomic E-state index is 12.2. The van der Waals surface area contributed by atoms with Crippen molar-refractivity contribution < 1.29 is 4.79 Å². The number of carbonyl (C=O) groups excluding carboxylic acids is 1. The van der Waals surface area contributed by atoms with Crippen molar-refractivity contribution in [2.75, 3.05) is 57.3 Å². The topological polar surface area (TPSA) is 142 Å². The lowest BCUT2D eigenvalue weighted by Crippen LogP contribution is -2.30. The maximum Gasteiger partial charge on any atom is 0.231 e. The molecule has 94 heavy (non-hydrogen) atoms. The third kappa shape index (κ3) is 15.3. The van der Waals surface area contributed by atoms with Gasteiger partial charge in [0.2, 0.25) is 17.8 Å².